The largest absolute Gasteiger partial charge is 0.490 e. The molecule has 0 saturated carbocycles. The third-order valence-electron chi connectivity index (χ3n) is 3.90. The van der Waals surface area contributed by atoms with Gasteiger partial charge in [0.2, 0.25) is 5.90 Å². The molecule has 0 aromatic heterocycles. The summed E-state index contributed by atoms with van der Waals surface area (Å²) < 4.78 is 16.3. The van der Waals surface area contributed by atoms with Crippen LogP contribution in [0.2, 0.25) is 5.02 Å². The summed E-state index contributed by atoms with van der Waals surface area (Å²) in [5.74, 6) is -0.791. The van der Waals surface area contributed by atoms with Crippen molar-refractivity contribution in [2.24, 2.45) is 4.99 Å². The minimum atomic E-state index is -0.720. The van der Waals surface area contributed by atoms with Crippen LogP contribution in [0.3, 0.4) is 0 Å². The van der Waals surface area contributed by atoms with E-state index >= 15 is 0 Å². The second-order valence-electron chi connectivity index (χ2n) is 6.11. The number of ether oxygens (including phenoxy) is 3. The lowest BCUT2D eigenvalue weighted by atomic mass is 10.1. The first-order valence-electron chi connectivity index (χ1n) is 8.81. The van der Waals surface area contributed by atoms with Crippen LogP contribution >= 0.6 is 27.5 Å². The van der Waals surface area contributed by atoms with Gasteiger partial charge in [0.15, 0.2) is 17.2 Å². The summed E-state index contributed by atoms with van der Waals surface area (Å²) in [5.41, 5.74) is 0.554. The van der Waals surface area contributed by atoms with Gasteiger partial charge in [-0.3, -0.25) is 14.9 Å². The molecule has 1 aliphatic rings. The van der Waals surface area contributed by atoms with Crippen LogP contribution in [0.1, 0.15) is 25.0 Å². The maximum Gasteiger partial charge on any atom is 0.363 e. The average molecular weight is 510 g/mol. The summed E-state index contributed by atoms with van der Waals surface area (Å²) in [6, 6.07) is 6.94. The highest BCUT2D eigenvalue weighted by atomic mass is 79.9. The normalized spacial score (nSPS) is 14.3. The molecule has 0 saturated heterocycles. The van der Waals surface area contributed by atoms with Crippen LogP contribution in [0.5, 0.6) is 11.5 Å². The number of carbonyl (C=O) groups excluding carboxylic acids is 2. The van der Waals surface area contributed by atoms with E-state index in [-0.39, 0.29) is 33.6 Å². The van der Waals surface area contributed by atoms with Gasteiger partial charge >= 0.3 is 11.9 Å². The molecule has 0 amide bonds. The van der Waals surface area contributed by atoms with E-state index in [0.29, 0.717) is 22.4 Å². The van der Waals surface area contributed by atoms with Crippen molar-refractivity contribution >= 4 is 57.1 Å². The molecule has 0 N–H and O–H groups in total. The van der Waals surface area contributed by atoms with E-state index in [1.807, 2.05) is 0 Å². The van der Waals surface area contributed by atoms with E-state index < -0.39 is 16.9 Å². The Kier molecular flexibility index (Phi) is 6.71. The molecule has 0 spiro atoms. The smallest absolute Gasteiger partial charge is 0.363 e. The number of non-ortho nitro benzene ring substituents is 1. The average Bonchev–Trinajstić information content (AvgIpc) is 3.04. The predicted octanol–water partition coefficient (Wildman–Crippen LogP) is 4.68. The zero-order valence-electron chi connectivity index (χ0n) is 16.2. The molecule has 0 atom stereocenters. The Bertz CT molecular complexity index is 1160. The number of benzene rings is 2. The lowest BCUT2D eigenvalue weighted by molar-refractivity contribution is -0.384. The summed E-state index contributed by atoms with van der Waals surface area (Å²) in [5, 5.41) is 10.9. The number of nitrogens with zero attached hydrogens (tertiary/aromatic N) is 2. The number of esters is 2. The minimum Gasteiger partial charge on any atom is -0.490 e. The van der Waals surface area contributed by atoms with Gasteiger partial charge in [0.05, 0.1) is 26.6 Å². The Morgan fingerprint density at radius 3 is 2.71 bits per heavy atom. The summed E-state index contributed by atoms with van der Waals surface area (Å²) in [4.78, 5) is 38.1. The molecule has 160 valence electrons. The molecule has 3 rings (SSSR count). The first-order chi connectivity index (χ1) is 14.7. The van der Waals surface area contributed by atoms with Gasteiger partial charge in [-0.1, -0.05) is 11.6 Å². The van der Waals surface area contributed by atoms with E-state index in [1.165, 1.54) is 25.1 Å². The number of nitro benzene ring substituents is 1. The molecule has 0 radical (unpaired) electrons. The Morgan fingerprint density at radius 1 is 1.35 bits per heavy atom. The van der Waals surface area contributed by atoms with Crippen molar-refractivity contribution in [1.29, 1.82) is 0 Å². The molecule has 2 aromatic carbocycles. The first kappa shape index (κ1) is 22.4. The molecule has 0 unspecified atom stereocenters. The van der Waals surface area contributed by atoms with Crippen molar-refractivity contribution in [3.05, 3.63) is 66.8 Å². The second-order valence-corrected chi connectivity index (χ2v) is 7.38. The Balaban J connectivity index is 1.98. The van der Waals surface area contributed by atoms with Gasteiger partial charge in [0.1, 0.15) is 0 Å². The van der Waals surface area contributed by atoms with Gasteiger partial charge in [-0.2, -0.15) is 0 Å². The number of halogens is 2. The number of aliphatic imine (C=N–C) groups is 1. The van der Waals surface area contributed by atoms with Crippen molar-refractivity contribution < 1.29 is 28.7 Å². The quantitative estimate of drug-likeness (QED) is 0.182. The number of carbonyl (C=O) groups is 2. The van der Waals surface area contributed by atoms with E-state index in [1.54, 1.807) is 19.1 Å². The van der Waals surface area contributed by atoms with E-state index in [0.717, 1.165) is 6.07 Å². The summed E-state index contributed by atoms with van der Waals surface area (Å²) in [7, 11) is 0. The Labute approximate surface area is 189 Å². The molecule has 0 aliphatic carbocycles. The number of hydrogen-bond acceptors (Lipinski definition) is 8. The minimum absolute atomic E-state index is 0.0148. The van der Waals surface area contributed by atoms with Crippen LogP contribution in [-0.2, 0) is 14.3 Å². The lowest BCUT2D eigenvalue weighted by Crippen LogP contribution is -2.06. The number of cyclic esters (lactones) is 1. The molecular weight excluding hydrogens is 496 g/mol. The van der Waals surface area contributed by atoms with Gasteiger partial charge in [0, 0.05) is 19.1 Å². The maximum atomic E-state index is 12.3. The van der Waals surface area contributed by atoms with Gasteiger partial charge in [-0.15, -0.1) is 0 Å². The van der Waals surface area contributed by atoms with Crippen molar-refractivity contribution in [2.75, 3.05) is 6.61 Å². The molecule has 1 heterocycles. The molecule has 9 nitrogen and oxygen atoms in total. The van der Waals surface area contributed by atoms with Crippen LogP contribution in [0.25, 0.3) is 6.08 Å². The highest BCUT2D eigenvalue weighted by Crippen LogP contribution is 2.38. The zero-order valence-corrected chi connectivity index (χ0v) is 18.5. The number of hydrogen-bond donors (Lipinski definition) is 0. The SMILES string of the molecule is CCOc1cc(/C=C2\N=C(c3ccc([N+](=O)[O-])cc3Cl)OC2=O)cc(Br)c1OC(C)=O. The standard InChI is InChI=1S/C20H14BrClN2O7/c1-3-29-17-8-11(6-14(21)18(17)30-10(2)25)7-16-20(26)31-19(23-16)13-5-4-12(24(27)28)9-15(13)22/h4-9H,3H2,1-2H3/b16-7-. The monoisotopic (exact) mass is 508 g/mol. The fraction of sp³-hybridized carbons (Fsp3) is 0.150. The molecular formula is C20H14BrClN2O7. The Hall–Kier alpha value is -3.24. The third-order valence-corrected chi connectivity index (χ3v) is 4.80. The van der Waals surface area contributed by atoms with Crippen molar-refractivity contribution in [2.45, 2.75) is 13.8 Å². The number of rotatable bonds is 6. The zero-order chi connectivity index (χ0) is 22.7. The lowest BCUT2D eigenvalue weighted by Gasteiger charge is -2.12. The first-order valence-corrected chi connectivity index (χ1v) is 9.98. The molecule has 1 aliphatic heterocycles. The topological polar surface area (TPSA) is 117 Å². The highest BCUT2D eigenvalue weighted by molar-refractivity contribution is 9.10. The van der Waals surface area contributed by atoms with Gasteiger partial charge in [-0.25, -0.2) is 9.79 Å². The van der Waals surface area contributed by atoms with E-state index in [2.05, 4.69) is 20.9 Å². The van der Waals surface area contributed by atoms with Crippen LogP contribution < -0.4 is 9.47 Å². The predicted molar refractivity (Wildman–Crippen MR) is 115 cm³/mol. The van der Waals surface area contributed by atoms with Crippen molar-refractivity contribution in [1.82, 2.24) is 0 Å². The molecule has 11 heteroatoms. The van der Waals surface area contributed by atoms with Crippen LogP contribution in [0.15, 0.2) is 45.5 Å². The van der Waals surface area contributed by atoms with Crippen molar-refractivity contribution in [3.63, 3.8) is 0 Å². The summed E-state index contributed by atoms with van der Waals surface area (Å²) in [6.07, 6.45) is 1.46. The molecule has 0 fully saturated rings. The highest BCUT2D eigenvalue weighted by Gasteiger charge is 2.27. The number of nitro groups is 1. The second kappa shape index (κ2) is 9.27. The third kappa shape index (κ3) is 5.09. The fourth-order valence-corrected chi connectivity index (χ4v) is 3.45. The van der Waals surface area contributed by atoms with Gasteiger partial charge < -0.3 is 14.2 Å². The van der Waals surface area contributed by atoms with Crippen LogP contribution in [0, 0.1) is 10.1 Å². The molecule has 0 bridgehead atoms. The molecule has 2 aromatic rings. The van der Waals surface area contributed by atoms with E-state index in [9.17, 15) is 19.7 Å². The van der Waals surface area contributed by atoms with Crippen LogP contribution in [-0.4, -0.2) is 29.4 Å². The Morgan fingerprint density at radius 2 is 2.10 bits per heavy atom. The molecule has 31 heavy (non-hydrogen) atoms. The van der Waals surface area contributed by atoms with Crippen LogP contribution in [0.4, 0.5) is 5.69 Å². The van der Waals surface area contributed by atoms with Gasteiger partial charge in [-0.05, 0) is 52.7 Å². The van der Waals surface area contributed by atoms with E-state index in [4.69, 9.17) is 25.8 Å². The maximum absolute atomic E-state index is 12.3. The summed E-state index contributed by atoms with van der Waals surface area (Å²) >= 11 is 9.41. The fourth-order valence-electron chi connectivity index (χ4n) is 2.65. The van der Waals surface area contributed by atoms with Gasteiger partial charge in [0.25, 0.3) is 5.69 Å². The van der Waals surface area contributed by atoms with Crippen molar-refractivity contribution in [3.8, 4) is 11.5 Å². The summed E-state index contributed by atoms with van der Waals surface area (Å²) in [6.45, 7) is 3.37.